The molecule has 2 aromatic rings. The second-order valence-electron chi connectivity index (χ2n) is 5.63. The van der Waals surface area contributed by atoms with Gasteiger partial charge < -0.3 is 14.8 Å². The molecule has 1 aliphatic rings. The van der Waals surface area contributed by atoms with Crippen molar-refractivity contribution < 1.29 is 0 Å². The average molecular weight is 285 g/mol. The molecule has 1 aromatic heterocycles. The van der Waals surface area contributed by atoms with Crippen LogP contribution in [0.15, 0.2) is 30.6 Å². The van der Waals surface area contributed by atoms with Crippen LogP contribution in [0.2, 0.25) is 0 Å². The molecule has 2 heterocycles. The van der Waals surface area contributed by atoms with E-state index < -0.39 is 0 Å². The maximum Gasteiger partial charge on any atom is 0.152 e. The zero-order chi connectivity index (χ0) is 14.7. The first-order valence-electron chi connectivity index (χ1n) is 7.73. The fourth-order valence-electron chi connectivity index (χ4n) is 2.74. The second kappa shape index (κ2) is 6.26. The molecule has 21 heavy (non-hydrogen) atoms. The number of fused-ring (bicyclic) bond motifs is 1. The van der Waals surface area contributed by atoms with E-state index in [9.17, 15) is 0 Å². The van der Waals surface area contributed by atoms with E-state index >= 15 is 0 Å². The largest absolute Gasteiger partial charge is 0.362 e. The maximum absolute atomic E-state index is 4.17. The monoisotopic (exact) mass is 285 g/mol. The average Bonchev–Trinajstić information content (AvgIpc) is 3.00. The molecule has 1 aliphatic heterocycles. The second-order valence-corrected chi connectivity index (χ2v) is 5.63. The van der Waals surface area contributed by atoms with E-state index in [-0.39, 0.29) is 0 Å². The highest BCUT2D eigenvalue weighted by Gasteiger charge is 2.17. The zero-order valence-electron chi connectivity index (χ0n) is 12.8. The summed E-state index contributed by atoms with van der Waals surface area (Å²) in [6, 6.07) is 9.28. The van der Waals surface area contributed by atoms with Crippen molar-refractivity contribution in [2.24, 2.45) is 0 Å². The molecule has 0 spiro atoms. The highest BCUT2D eigenvalue weighted by molar-refractivity contribution is 5.48. The zero-order valence-corrected chi connectivity index (χ0v) is 12.8. The van der Waals surface area contributed by atoms with Gasteiger partial charge in [-0.25, -0.2) is 0 Å². The van der Waals surface area contributed by atoms with E-state index in [1.807, 2.05) is 6.33 Å². The quantitative estimate of drug-likeness (QED) is 0.916. The summed E-state index contributed by atoms with van der Waals surface area (Å²) in [5.74, 6) is 1.04. The molecule has 0 bridgehead atoms. The summed E-state index contributed by atoms with van der Waals surface area (Å²) in [4.78, 5) is 2.36. The number of benzene rings is 1. The van der Waals surface area contributed by atoms with Gasteiger partial charge in [-0.05, 0) is 37.6 Å². The van der Waals surface area contributed by atoms with Gasteiger partial charge in [0, 0.05) is 24.8 Å². The SMILES string of the molecule is CCCNC(C)c1ccc(N2CCn3cnnc3C2)cc1. The third-order valence-corrected chi connectivity index (χ3v) is 4.10. The molecule has 0 fully saturated rings. The standard InChI is InChI=1S/C16H23N5/c1-3-8-17-13(2)14-4-6-15(7-5-14)20-9-10-21-12-18-19-16(21)11-20/h4-7,12-13,17H,3,8-11H2,1-2H3. The molecule has 0 saturated heterocycles. The Balaban J connectivity index is 1.67. The van der Waals surface area contributed by atoms with Crippen molar-refractivity contribution in [1.82, 2.24) is 20.1 Å². The number of hydrogen-bond acceptors (Lipinski definition) is 4. The Morgan fingerprint density at radius 2 is 2.05 bits per heavy atom. The Morgan fingerprint density at radius 1 is 1.24 bits per heavy atom. The molecule has 0 radical (unpaired) electrons. The van der Waals surface area contributed by atoms with Crippen LogP contribution in [0, 0.1) is 0 Å². The summed E-state index contributed by atoms with van der Waals surface area (Å²) < 4.78 is 2.13. The summed E-state index contributed by atoms with van der Waals surface area (Å²) in [5.41, 5.74) is 2.60. The van der Waals surface area contributed by atoms with Crippen molar-refractivity contribution in [3.8, 4) is 0 Å². The maximum atomic E-state index is 4.17. The third kappa shape index (κ3) is 3.08. The van der Waals surface area contributed by atoms with E-state index in [1.165, 1.54) is 11.3 Å². The van der Waals surface area contributed by atoms with Crippen LogP contribution in [0.25, 0.3) is 0 Å². The molecule has 5 nitrogen and oxygen atoms in total. The molecule has 1 N–H and O–H groups in total. The summed E-state index contributed by atoms with van der Waals surface area (Å²) in [6.07, 6.45) is 2.98. The minimum Gasteiger partial charge on any atom is -0.362 e. The molecular formula is C16H23N5. The lowest BCUT2D eigenvalue weighted by molar-refractivity contribution is 0.558. The molecular weight excluding hydrogens is 262 g/mol. The Morgan fingerprint density at radius 3 is 2.81 bits per heavy atom. The van der Waals surface area contributed by atoms with Gasteiger partial charge >= 0.3 is 0 Å². The first-order chi connectivity index (χ1) is 10.3. The number of rotatable bonds is 5. The minimum atomic E-state index is 0.406. The normalized spacial score (nSPS) is 15.8. The Kier molecular flexibility index (Phi) is 4.20. The lowest BCUT2D eigenvalue weighted by Gasteiger charge is -2.29. The molecule has 5 heteroatoms. The van der Waals surface area contributed by atoms with Crippen molar-refractivity contribution >= 4 is 5.69 Å². The Bertz CT molecular complexity index is 575. The minimum absolute atomic E-state index is 0.406. The Hall–Kier alpha value is -1.88. The number of nitrogens with zero attached hydrogens (tertiary/aromatic N) is 4. The van der Waals surface area contributed by atoms with Crippen LogP contribution in [0.3, 0.4) is 0 Å². The lowest BCUT2D eigenvalue weighted by atomic mass is 10.1. The molecule has 0 amide bonds. The number of nitrogens with one attached hydrogen (secondary N) is 1. The number of aromatic nitrogens is 3. The highest BCUT2D eigenvalue weighted by atomic mass is 15.3. The lowest BCUT2D eigenvalue weighted by Crippen LogP contribution is -2.33. The van der Waals surface area contributed by atoms with Gasteiger partial charge in [-0.2, -0.15) is 0 Å². The molecule has 3 rings (SSSR count). The fraction of sp³-hybridized carbons (Fsp3) is 0.500. The van der Waals surface area contributed by atoms with Gasteiger partial charge in [0.05, 0.1) is 6.54 Å². The first-order valence-corrected chi connectivity index (χ1v) is 7.73. The van der Waals surface area contributed by atoms with Crippen molar-refractivity contribution in [2.75, 3.05) is 18.0 Å². The van der Waals surface area contributed by atoms with Crippen LogP contribution in [-0.4, -0.2) is 27.9 Å². The van der Waals surface area contributed by atoms with Crippen molar-refractivity contribution in [3.05, 3.63) is 42.0 Å². The molecule has 1 aromatic carbocycles. The van der Waals surface area contributed by atoms with Crippen LogP contribution < -0.4 is 10.2 Å². The molecule has 112 valence electrons. The summed E-state index contributed by atoms with van der Waals surface area (Å²) in [6.45, 7) is 8.27. The van der Waals surface area contributed by atoms with Gasteiger partial charge in [0.15, 0.2) is 5.82 Å². The molecule has 1 atom stereocenters. The third-order valence-electron chi connectivity index (χ3n) is 4.10. The van der Waals surface area contributed by atoms with Gasteiger partial charge in [0.25, 0.3) is 0 Å². The summed E-state index contributed by atoms with van der Waals surface area (Å²) in [7, 11) is 0. The summed E-state index contributed by atoms with van der Waals surface area (Å²) in [5, 5.41) is 11.7. The smallest absolute Gasteiger partial charge is 0.152 e. The Labute approximate surface area is 126 Å². The summed E-state index contributed by atoms with van der Waals surface area (Å²) >= 11 is 0. The topological polar surface area (TPSA) is 46.0 Å². The van der Waals surface area contributed by atoms with Crippen molar-refractivity contribution in [1.29, 1.82) is 0 Å². The van der Waals surface area contributed by atoms with Crippen LogP contribution in [-0.2, 0) is 13.1 Å². The van der Waals surface area contributed by atoms with E-state index in [0.29, 0.717) is 6.04 Å². The van der Waals surface area contributed by atoms with Crippen LogP contribution in [0.1, 0.15) is 37.7 Å². The van der Waals surface area contributed by atoms with E-state index in [0.717, 1.165) is 38.4 Å². The van der Waals surface area contributed by atoms with Crippen LogP contribution in [0.5, 0.6) is 0 Å². The highest BCUT2D eigenvalue weighted by Crippen LogP contribution is 2.22. The number of hydrogen-bond donors (Lipinski definition) is 1. The van der Waals surface area contributed by atoms with E-state index in [2.05, 4.69) is 63.1 Å². The van der Waals surface area contributed by atoms with Gasteiger partial charge in [-0.1, -0.05) is 19.1 Å². The van der Waals surface area contributed by atoms with Crippen molar-refractivity contribution in [3.63, 3.8) is 0 Å². The van der Waals surface area contributed by atoms with Crippen molar-refractivity contribution in [2.45, 2.75) is 39.4 Å². The van der Waals surface area contributed by atoms with Gasteiger partial charge in [0.1, 0.15) is 6.33 Å². The van der Waals surface area contributed by atoms with Gasteiger partial charge in [-0.3, -0.25) is 0 Å². The molecule has 0 aliphatic carbocycles. The molecule has 1 unspecified atom stereocenters. The van der Waals surface area contributed by atoms with Crippen LogP contribution in [0.4, 0.5) is 5.69 Å². The predicted octanol–water partition coefficient (Wildman–Crippen LogP) is 2.36. The van der Waals surface area contributed by atoms with E-state index in [1.54, 1.807) is 0 Å². The number of anilines is 1. The molecule has 0 saturated carbocycles. The fourth-order valence-corrected chi connectivity index (χ4v) is 2.74. The predicted molar refractivity (Wildman–Crippen MR) is 84.2 cm³/mol. The first kappa shape index (κ1) is 14.1. The van der Waals surface area contributed by atoms with E-state index in [4.69, 9.17) is 0 Å². The van der Waals surface area contributed by atoms with Crippen LogP contribution >= 0.6 is 0 Å². The van der Waals surface area contributed by atoms with Gasteiger partial charge in [-0.15, -0.1) is 10.2 Å². The van der Waals surface area contributed by atoms with Gasteiger partial charge in [0.2, 0.25) is 0 Å².